The summed E-state index contributed by atoms with van der Waals surface area (Å²) in [4.78, 5) is 29.4. The summed E-state index contributed by atoms with van der Waals surface area (Å²) in [6.07, 6.45) is 4.43. The van der Waals surface area contributed by atoms with Gasteiger partial charge in [-0.15, -0.1) is 0 Å². The second kappa shape index (κ2) is 8.74. The van der Waals surface area contributed by atoms with Crippen molar-refractivity contribution in [1.82, 2.24) is 9.47 Å². The fourth-order valence-electron chi connectivity index (χ4n) is 5.24. The lowest BCUT2D eigenvalue weighted by molar-refractivity contribution is -0.146. The highest BCUT2D eigenvalue weighted by atomic mass is 16.6. The minimum Gasteiger partial charge on any atom is -0.465 e. The number of aromatic nitrogens is 1. The Balaban J connectivity index is 2.00. The lowest BCUT2D eigenvalue weighted by atomic mass is 9.84. The van der Waals surface area contributed by atoms with Crippen LogP contribution in [0.15, 0.2) is 35.9 Å². The zero-order valence-electron chi connectivity index (χ0n) is 19.8. The second-order valence-electron chi connectivity index (χ2n) is 9.58. The zero-order chi connectivity index (χ0) is 23.0. The van der Waals surface area contributed by atoms with Crippen LogP contribution in [-0.2, 0) is 20.7 Å². The van der Waals surface area contributed by atoms with Crippen molar-refractivity contribution in [2.45, 2.75) is 71.4 Å². The quantitative estimate of drug-likeness (QED) is 0.496. The molecule has 1 aromatic heterocycles. The molecule has 1 aromatic carbocycles. The summed E-state index contributed by atoms with van der Waals surface area (Å²) in [5.41, 5.74) is 3.16. The number of esters is 1. The lowest BCUT2D eigenvalue weighted by Gasteiger charge is -2.38. The summed E-state index contributed by atoms with van der Waals surface area (Å²) >= 11 is 0. The molecule has 32 heavy (non-hydrogen) atoms. The Morgan fingerprint density at radius 1 is 1.12 bits per heavy atom. The van der Waals surface area contributed by atoms with E-state index >= 15 is 0 Å². The summed E-state index contributed by atoms with van der Waals surface area (Å²) in [5.74, 6) is -0.863. The minimum atomic E-state index is -0.648. The van der Waals surface area contributed by atoms with Gasteiger partial charge in [-0.05, 0) is 58.6 Å². The molecule has 0 saturated carbocycles. The maximum absolute atomic E-state index is 13.5. The molecular formula is C26H34N2O4. The number of ether oxygens (including phenoxy) is 2. The van der Waals surface area contributed by atoms with E-state index in [1.807, 2.05) is 52.0 Å². The molecule has 2 aromatic rings. The monoisotopic (exact) mass is 438 g/mol. The standard InChI is InChI=1S/C26H34N2O4/c1-6-17-11-10-15-27-16-14-19-18-12-8-9-13-20(18)28(25(30)32-26(3,4)5)23(19)21(22(17)27)24(29)31-7-2/h8-9,11-13,21-22H,6-7,10,14-16H2,1-5H3/t21-,22+/m1/s1. The normalized spacial score (nSPS) is 21.3. The van der Waals surface area contributed by atoms with E-state index in [0.717, 1.165) is 54.5 Å². The summed E-state index contributed by atoms with van der Waals surface area (Å²) in [7, 11) is 0. The van der Waals surface area contributed by atoms with E-state index in [1.54, 1.807) is 4.57 Å². The first-order valence-corrected chi connectivity index (χ1v) is 11.7. The van der Waals surface area contributed by atoms with Gasteiger partial charge in [-0.1, -0.05) is 36.8 Å². The third-order valence-corrected chi connectivity index (χ3v) is 6.40. The molecule has 0 spiro atoms. The van der Waals surface area contributed by atoms with Crippen molar-refractivity contribution in [2.75, 3.05) is 19.7 Å². The molecule has 2 aliphatic rings. The van der Waals surface area contributed by atoms with Crippen LogP contribution in [0.1, 0.15) is 64.6 Å². The van der Waals surface area contributed by atoms with Crippen molar-refractivity contribution in [2.24, 2.45) is 0 Å². The van der Waals surface area contributed by atoms with Gasteiger partial charge >= 0.3 is 12.1 Å². The number of carbonyl (C=O) groups is 2. The molecule has 0 saturated heterocycles. The Kier molecular flexibility index (Phi) is 6.17. The van der Waals surface area contributed by atoms with Gasteiger partial charge in [-0.2, -0.15) is 0 Å². The van der Waals surface area contributed by atoms with Crippen LogP contribution in [0, 0.1) is 0 Å². The van der Waals surface area contributed by atoms with Crippen LogP contribution < -0.4 is 0 Å². The Morgan fingerprint density at radius 2 is 1.88 bits per heavy atom. The molecule has 0 fully saturated rings. The predicted octanol–water partition coefficient (Wildman–Crippen LogP) is 5.04. The smallest absolute Gasteiger partial charge is 0.419 e. The number of nitrogens with zero attached hydrogens (tertiary/aromatic N) is 2. The highest BCUT2D eigenvalue weighted by Crippen LogP contribution is 2.42. The first-order valence-electron chi connectivity index (χ1n) is 11.7. The Hall–Kier alpha value is -2.60. The maximum atomic E-state index is 13.5. The summed E-state index contributed by atoms with van der Waals surface area (Å²) in [6, 6.07) is 7.77. The van der Waals surface area contributed by atoms with E-state index in [-0.39, 0.29) is 12.0 Å². The molecule has 0 aliphatic carbocycles. The van der Waals surface area contributed by atoms with E-state index in [9.17, 15) is 9.59 Å². The third kappa shape index (κ3) is 3.96. The van der Waals surface area contributed by atoms with Crippen LogP contribution in [0.2, 0.25) is 0 Å². The maximum Gasteiger partial charge on any atom is 0.419 e. The van der Waals surface area contributed by atoms with Crippen LogP contribution in [0.4, 0.5) is 4.79 Å². The molecular weight excluding hydrogens is 404 g/mol. The van der Waals surface area contributed by atoms with Gasteiger partial charge in [0.05, 0.1) is 12.1 Å². The molecule has 0 amide bonds. The average Bonchev–Trinajstić information content (AvgIpc) is 2.95. The van der Waals surface area contributed by atoms with Gasteiger partial charge in [0, 0.05) is 30.2 Å². The highest BCUT2D eigenvalue weighted by Gasteiger charge is 2.45. The van der Waals surface area contributed by atoms with E-state index in [2.05, 4.69) is 17.9 Å². The molecule has 6 nitrogen and oxygen atoms in total. The first-order chi connectivity index (χ1) is 15.3. The highest BCUT2D eigenvalue weighted by molar-refractivity contribution is 5.96. The van der Waals surface area contributed by atoms with Gasteiger partial charge in [0.15, 0.2) is 0 Å². The van der Waals surface area contributed by atoms with Gasteiger partial charge < -0.3 is 9.47 Å². The predicted molar refractivity (Wildman–Crippen MR) is 125 cm³/mol. The number of rotatable bonds is 3. The van der Waals surface area contributed by atoms with E-state index < -0.39 is 17.6 Å². The Morgan fingerprint density at radius 3 is 2.56 bits per heavy atom. The summed E-state index contributed by atoms with van der Waals surface area (Å²) < 4.78 is 13.1. The Bertz CT molecular complexity index is 1060. The number of hydrogen-bond donors (Lipinski definition) is 0. The molecule has 0 bridgehead atoms. The molecule has 0 radical (unpaired) electrons. The molecule has 3 heterocycles. The topological polar surface area (TPSA) is 60.8 Å². The number of para-hydroxylation sites is 1. The molecule has 0 N–H and O–H groups in total. The minimum absolute atomic E-state index is 0.112. The Labute approximate surface area is 190 Å². The van der Waals surface area contributed by atoms with E-state index in [4.69, 9.17) is 9.47 Å². The largest absolute Gasteiger partial charge is 0.465 e. The van der Waals surface area contributed by atoms with Crippen LogP contribution >= 0.6 is 0 Å². The van der Waals surface area contributed by atoms with Crippen LogP contribution in [0.5, 0.6) is 0 Å². The lowest BCUT2D eigenvalue weighted by Crippen LogP contribution is -2.46. The van der Waals surface area contributed by atoms with E-state index in [0.29, 0.717) is 6.61 Å². The van der Waals surface area contributed by atoms with Gasteiger partial charge in [0.2, 0.25) is 0 Å². The van der Waals surface area contributed by atoms with Crippen LogP contribution in [0.3, 0.4) is 0 Å². The average molecular weight is 439 g/mol. The zero-order valence-corrected chi connectivity index (χ0v) is 19.8. The molecule has 2 atom stereocenters. The molecule has 2 aliphatic heterocycles. The van der Waals surface area contributed by atoms with Gasteiger partial charge in [0.1, 0.15) is 11.5 Å². The van der Waals surface area contributed by atoms with Crippen molar-refractivity contribution in [3.63, 3.8) is 0 Å². The molecule has 4 rings (SSSR count). The van der Waals surface area contributed by atoms with Crippen molar-refractivity contribution < 1.29 is 19.1 Å². The number of carbonyl (C=O) groups excluding carboxylic acids is 2. The van der Waals surface area contributed by atoms with Gasteiger partial charge in [-0.25, -0.2) is 9.36 Å². The SMILES string of the molecule is CCOC(=O)[C@H]1c2c(c3ccccc3n2C(=O)OC(C)(C)C)CCN2CCC=C(CC)[C@@H]12. The number of hydrogen-bond acceptors (Lipinski definition) is 5. The molecule has 0 unspecified atom stereocenters. The van der Waals surface area contributed by atoms with Gasteiger partial charge in [-0.3, -0.25) is 9.69 Å². The summed E-state index contributed by atoms with van der Waals surface area (Å²) in [5, 5.41) is 1.00. The van der Waals surface area contributed by atoms with Crippen molar-refractivity contribution in [1.29, 1.82) is 0 Å². The number of benzene rings is 1. The second-order valence-corrected chi connectivity index (χ2v) is 9.58. The van der Waals surface area contributed by atoms with Crippen molar-refractivity contribution >= 4 is 23.0 Å². The fourth-order valence-corrected chi connectivity index (χ4v) is 5.24. The first kappa shape index (κ1) is 22.6. The van der Waals surface area contributed by atoms with Crippen LogP contribution in [0.25, 0.3) is 10.9 Å². The van der Waals surface area contributed by atoms with Gasteiger partial charge in [0.25, 0.3) is 0 Å². The van der Waals surface area contributed by atoms with Crippen molar-refractivity contribution in [3.8, 4) is 0 Å². The number of fused-ring (bicyclic) bond motifs is 4. The van der Waals surface area contributed by atoms with Crippen molar-refractivity contribution in [3.05, 3.63) is 47.2 Å². The third-order valence-electron chi connectivity index (χ3n) is 6.40. The molecule has 172 valence electrons. The fraction of sp³-hybridized carbons (Fsp3) is 0.538. The van der Waals surface area contributed by atoms with E-state index in [1.165, 1.54) is 5.57 Å². The van der Waals surface area contributed by atoms with Crippen LogP contribution in [-0.4, -0.2) is 52.9 Å². The molecule has 6 heteroatoms. The summed E-state index contributed by atoms with van der Waals surface area (Å²) in [6.45, 7) is 11.6.